The number of nitrogens with two attached hydrogens (primary N) is 1. The van der Waals surface area contributed by atoms with E-state index in [1.807, 2.05) is 0 Å². The van der Waals surface area contributed by atoms with Crippen LogP contribution in [0.25, 0.3) is 0 Å². The zero-order valence-electron chi connectivity index (χ0n) is 10.5. The molecule has 0 amide bonds. The van der Waals surface area contributed by atoms with Gasteiger partial charge in [-0.2, -0.15) is 0 Å². The second kappa shape index (κ2) is 4.90. The highest BCUT2D eigenvalue weighted by molar-refractivity contribution is 7.89. The van der Waals surface area contributed by atoms with Gasteiger partial charge in [-0.15, -0.1) is 0 Å². The van der Waals surface area contributed by atoms with E-state index in [9.17, 15) is 8.42 Å². The lowest BCUT2D eigenvalue weighted by atomic mass is 10.1. The van der Waals surface area contributed by atoms with Crippen LogP contribution in [0.3, 0.4) is 0 Å². The van der Waals surface area contributed by atoms with E-state index in [0.717, 1.165) is 12.8 Å². The lowest BCUT2D eigenvalue weighted by Crippen LogP contribution is -2.41. The number of hydrogen-bond acceptors (Lipinski definition) is 5. The third kappa shape index (κ3) is 2.69. The molecule has 2 aliphatic rings. The molecule has 1 saturated heterocycles. The fraction of sp³-hybridized carbons (Fsp3) is 0.667. The molecule has 0 spiro atoms. The summed E-state index contributed by atoms with van der Waals surface area (Å²) in [6.45, 7) is 0.799. The minimum atomic E-state index is -3.62. The highest BCUT2D eigenvalue weighted by Crippen LogP contribution is 2.39. The van der Waals surface area contributed by atoms with Crippen LogP contribution < -0.4 is 10.5 Å². The standard InChI is InChI=1S/C12H18N2O4S/c13-7-9-3-4-11(18-9)19(15,16)14-10-5-6-17-12(10)8-1-2-8/h3-4,8,10,12,14H,1-2,5-7,13H2. The SMILES string of the molecule is NCc1ccc(S(=O)(=O)NC2CCOC2C2CC2)o1. The molecule has 0 aromatic carbocycles. The Bertz CT molecular complexity index is 550. The highest BCUT2D eigenvalue weighted by atomic mass is 32.2. The molecule has 106 valence electrons. The van der Waals surface area contributed by atoms with Gasteiger partial charge in [0.1, 0.15) is 5.76 Å². The average Bonchev–Trinajstić information content (AvgIpc) is 2.92. The molecule has 2 unspecified atom stereocenters. The molecule has 2 heterocycles. The van der Waals surface area contributed by atoms with Crippen LogP contribution in [0.2, 0.25) is 0 Å². The smallest absolute Gasteiger partial charge is 0.274 e. The molecule has 2 fully saturated rings. The molecular weight excluding hydrogens is 268 g/mol. The Hall–Kier alpha value is -0.890. The van der Waals surface area contributed by atoms with E-state index in [1.165, 1.54) is 6.07 Å². The van der Waals surface area contributed by atoms with E-state index in [0.29, 0.717) is 24.7 Å². The van der Waals surface area contributed by atoms with Crippen LogP contribution in [0, 0.1) is 5.92 Å². The minimum Gasteiger partial charge on any atom is -0.447 e. The number of ether oxygens (including phenoxy) is 1. The topological polar surface area (TPSA) is 94.6 Å². The van der Waals surface area contributed by atoms with Crippen molar-refractivity contribution < 1.29 is 17.6 Å². The fourth-order valence-corrected chi connectivity index (χ4v) is 3.73. The van der Waals surface area contributed by atoms with Crippen molar-refractivity contribution in [1.82, 2.24) is 4.72 Å². The van der Waals surface area contributed by atoms with Crippen LogP contribution in [0.4, 0.5) is 0 Å². The summed E-state index contributed by atoms with van der Waals surface area (Å²) in [6, 6.07) is 2.87. The Morgan fingerprint density at radius 2 is 2.11 bits per heavy atom. The number of rotatable bonds is 5. The second-order valence-corrected chi connectivity index (χ2v) is 6.76. The van der Waals surface area contributed by atoms with Gasteiger partial charge < -0.3 is 14.9 Å². The van der Waals surface area contributed by atoms with Crippen LogP contribution in [0.15, 0.2) is 21.6 Å². The number of nitrogens with one attached hydrogen (secondary N) is 1. The van der Waals surface area contributed by atoms with E-state index in [4.69, 9.17) is 14.9 Å². The van der Waals surface area contributed by atoms with Crippen molar-refractivity contribution >= 4 is 10.0 Å². The summed E-state index contributed by atoms with van der Waals surface area (Å²) in [7, 11) is -3.62. The molecule has 1 aromatic rings. The van der Waals surface area contributed by atoms with Gasteiger partial charge in [0.25, 0.3) is 10.0 Å². The zero-order chi connectivity index (χ0) is 13.5. The quantitative estimate of drug-likeness (QED) is 0.826. The maximum atomic E-state index is 12.2. The monoisotopic (exact) mass is 286 g/mol. The first-order chi connectivity index (χ1) is 9.10. The third-order valence-electron chi connectivity index (χ3n) is 3.63. The number of sulfonamides is 1. The fourth-order valence-electron chi connectivity index (χ4n) is 2.50. The molecule has 1 aliphatic heterocycles. The van der Waals surface area contributed by atoms with Gasteiger partial charge in [-0.05, 0) is 37.3 Å². The van der Waals surface area contributed by atoms with Crippen molar-refractivity contribution in [3.05, 3.63) is 17.9 Å². The van der Waals surface area contributed by atoms with E-state index >= 15 is 0 Å². The lowest BCUT2D eigenvalue weighted by molar-refractivity contribution is 0.0847. The van der Waals surface area contributed by atoms with Gasteiger partial charge >= 0.3 is 0 Å². The van der Waals surface area contributed by atoms with E-state index < -0.39 is 10.0 Å². The predicted octanol–water partition coefficient (Wildman–Crippen LogP) is 0.584. The van der Waals surface area contributed by atoms with Crippen LogP contribution >= 0.6 is 0 Å². The highest BCUT2D eigenvalue weighted by Gasteiger charge is 2.42. The van der Waals surface area contributed by atoms with Gasteiger partial charge in [0.2, 0.25) is 5.09 Å². The predicted molar refractivity (Wildman–Crippen MR) is 67.8 cm³/mol. The van der Waals surface area contributed by atoms with Crippen molar-refractivity contribution in [3.8, 4) is 0 Å². The maximum Gasteiger partial charge on any atom is 0.274 e. The van der Waals surface area contributed by atoms with Gasteiger partial charge in [0, 0.05) is 6.61 Å². The molecule has 1 aliphatic carbocycles. The van der Waals surface area contributed by atoms with Crippen molar-refractivity contribution in [2.75, 3.05) is 6.61 Å². The van der Waals surface area contributed by atoms with Crippen molar-refractivity contribution in [1.29, 1.82) is 0 Å². The molecule has 6 nitrogen and oxygen atoms in total. The summed E-state index contributed by atoms with van der Waals surface area (Å²) >= 11 is 0. The van der Waals surface area contributed by atoms with Crippen LogP contribution in [-0.4, -0.2) is 27.2 Å². The summed E-state index contributed by atoms with van der Waals surface area (Å²) in [6.07, 6.45) is 2.98. The summed E-state index contributed by atoms with van der Waals surface area (Å²) < 4.78 is 37.9. The Morgan fingerprint density at radius 3 is 2.74 bits per heavy atom. The Morgan fingerprint density at radius 1 is 1.32 bits per heavy atom. The van der Waals surface area contributed by atoms with Crippen molar-refractivity contribution in [2.45, 2.75) is 43.0 Å². The second-order valence-electron chi connectivity index (χ2n) is 5.11. The van der Waals surface area contributed by atoms with Crippen molar-refractivity contribution in [2.24, 2.45) is 11.7 Å². The molecule has 3 rings (SSSR count). The van der Waals surface area contributed by atoms with Crippen LogP contribution in [0.5, 0.6) is 0 Å². The number of hydrogen-bond donors (Lipinski definition) is 2. The van der Waals surface area contributed by atoms with Gasteiger partial charge in [-0.3, -0.25) is 0 Å². The molecular formula is C12H18N2O4S. The molecule has 0 bridgehead atoms. The van der Waals surface area contributed by atoms with Crippen LogP contribution in [-0.2, 0) is 21.3 Å². The normalized spacial score (nSPS) is 27.8. The molecule has 2 atom stereocenters. The van der Waals surface area contributed by atoms with Crippen molar-refractivity contribution in [3.63, 3.8) is 0 Å². The third-order valence-corrected chi connectivity index (χ3v) is 4.99. The first-order valence-electron chi connectivity index (χ1n) is 6.53. The van der Waals surface area contributed by atoms with E-state index in [-0.39, 0.29) is 23.8 Å². The average molecular weight is 286 g/mol. The molecule has 1 aromatic heterocycles. The number of furan rings is 1. The largest absolute Gasteiger partial charge is 0.447 e. The Balaban J connectivity index is 1.73. The Labute approximate surface area is 112 Å². The summed E-state index contributed by atoms with van der Waals surface area (Å²) in [4.78, 5) is 0. The first-order valence-corrected chi connectivity index (χ1v) is 8.01. The molecule has 1 saturated carbocycles. The van der Waals surface area contributed by atoms with E-state index in [2.05, 4.69) is 4.72 Å². The van der Waals surface area contributed by atoms with E-state index in [1.54, 1.807) is 6.07 Å². The van der Waals surface area contributed by atoms with Gasteiger partial charge in [-0.1, -0.05) is 0 Å². The molecule has 0 radical (unpaired) electrons. The summed E-state index contributed by atoms with van der Waals surface area (Å²) in [5.41, 5.74) is 5.41. The first kappa shape index (κ1) is 13.1. The Kier molecular flexibility index (Phi) is 3.38. The molecule has 3 N–H and O–H groups in total. The molecule has 7 heteroatoms. The summed E-state index contributed by atoms with van der Waals surface area (Å²) in [5, 5.41) is -0.0746. The summed E-state index contributed by atoms with van der Waals surface area (Å²) in [5.74, 6) is 0.966. The maximum absolute atomic E-state index is 12.2. The van der Waals surface area contributed by atoms with Gasteiger partial charge in [0.15, 0.2) is 0 Å². The van der Waals surface area contributed by atoms with Crippen LogP contribution in [0.1, 0.15) is 25.0 Å². The molecule has 19 heavy (non-hydrogen) atoms. The minimum absolute atomic E-state index is 0.0127. The van der Waals surface area contributed by atoms with Gasteiger partial charge in [-0.25, -0.2) is 13.1 Å². The lowest BCUT2D eigenvalue weighted by Gasteiger charge is -2.18. The zero-order valence-corrected chi connectivity index (χ0v) is 11.4. The van der Waals surface area contributed by atoms with Gasteiger partial charge in [0.05, 0.1) is 18.7 Å².